The molecule has 0 aliphatic carbocycles. The predicted octanol–water partition coefficient (Wildman–Crippen LogP) is 1.09. The van der Waals surface area contributed by atoms with Gasteiger partial charge >= 0.3 is 0 Å². The fraction of sp³-hybridized carbons (Fsp3) is 0.231. The van der Waals surface area contributed by atoms with Gasteiger partial charge in [-0.15, -0.1) is 0 Å². The number of sulfone groups is 2. The maximum Gasteiger partial charge on any atom is 0.188 e. The van der Waals surface area contributed by atoms with Crippen molar-refractivity contribution in [3.63, 3.8) is 0 Å². The van der Waals surface area contributed by atoms with Crippen LogP contribution in [-0.4, -0.2) is 32.6 Å². The van der Waals surface area contributed by atoms with Gasteiger partial charge in [0.1, 0.15) is 5.25 Å². The molecule has 6 nitrogen and oxygen atoms in total. The first-order valence-electron chi connectivity index (χ1n) is 6.15. The Morgan fingerprint density at radius 1 is 1.24 bits per heavy atom. The summed E-state index contributed by atoms with van der Waals surface area (Å²) >= 11 is 0. The van der Waals surface area contributed by atoms with E-state index in [0.29, 0.717) is 5.56 Å². The first kappa shape index (κ1) is 14.2. The average molecular weight is 324 g/mol. The van der Waals surface area contributed by atoms with Crippen molar-refractivity contribution in [2.75, 3.05) is 5.75 Å². The SMILES string of the molecule is Cc1cnc2c(c1)S(=O)(=O)CC2S(=O)(=O)c1ccncc1. The summed E-state index contributed by atoms with van der Waals surface area (Å²) in [6, 6.07) is 4.18. The molecule has 21 heavy (non-hydrogen) atoms. The molecule has 0 amide bonds. The number of aryl methyl sites for hydroxylation is 1. The van der Waals surface area contributed by atoms with Gasteiger partial charge in [-0.2, -0.15) is 0 Å². The van der Waals surface area contributed by atoms with E-state index in [4.69, 9.17) is 0 Å². The second-order valence-corrected chi connectivity index (χ2v) is 9.03. The molecule has 1 aliphatic heterocycles. The molecule has 0 bridgehead atoms. The molecular weight excluding hydrogens is 312 g/mol. The minimum atomic E-state index is -3.82. The molecule has 1 unspecified atom stereocenters. The Morgan fingerprint density at radius 3 is 2.57 bits per heavy atom. The van der Waals surface area contributed by atoms with Gasteiger partial charge in [0.2, 0.25) is 0 Å². The lowest BCUT2D eigenvalue weighted by atomic mass is 10.2. The summed E-state index contributed by atoms with van der Waals surface area (Å²) in [5.41, 5.74) is 0.789. The van der Waals surface area contributed by atoms with Crippen LogP contribution in [0.2, 0.25) is 0 Å². The smallest absolute Gasteiger partial charge is 0.188 e. The van der Waals surface area contributed by atoms with E-state index in [1.807, 2.05) is 0 Å². The van der Waals surface area contributed by atoms with E-state index in [-0.39, 0.29) is 15.5 Å². The van der Waals surface area contributed by atoms with E-state index in [0.717, 1.165) is 0 Å². The van der Waals surface area contributed by atoms with Crippen LogP contribution in [0.4, 0.5) is 0 Å². The molecule has 0 fully saturated rings. The Bertz CT molecular complexity index is 906. The minimum Gasteiger partial charge on any atom is -0.265 e. The van der Waals surface area contributed by atoms with Crippen LogP contribution in [0.25, 0.3) is 0 Å². The number of pyridine rings is 2. The lowest BCUT2D eigenvalue weighted by Crippen LogP contribution is -2.16. The van der Waals surface area contributed by atoms with Crippen LogP contribution in [0.3, 0.4) is 0 Å². The van der Waals surface area contributed by atoms with Crippen molar-refractivity contribution < 1.29 is 16.8 Å². The third kappa shape index (κ3) is 2.24. The molecule has 8 heteroatoms. The molecular formula is C13H12N2O4S2. The maximum atomic E-state index is 12.6. The second kappa shape index (κ2) is 4.60. The Hall–Kier alpha value is -1.80. The van der Waals surface area contributed by atoms with Crippen molar-refractivity contribution in [3.8, 4) is 0 Å². The Labute approximate surface area is 122 Å². The molecule has 3 rings (SSSR count). The quantitative estimate of drug-likeness (QED) is 0.820. The van der Waals surface area contributed by atoms with Crippen LogP contribution in [0.1, 0.15) is 16.5 Å². The first-order valence-corrected chi connectivity index (χ1v) is 9.35. The van der Waals surface area contributed by atoms with E-state index >= 15 is 0 Å². The summed E-state index contributed by atoms with van der Waals surface area (Å²) in [5, 5.41) is -1.17. The molecule has 3 heterocycles. The van der Waals surface area contributed by atoms with Gasteiger partial charge in [0, 0.05) is 18.6 Å². The molecule has 0 aromatic carbocycles. The third-order valence-electron chi connectivity index (χ3n) is 3.38. The van der Waals surface area contributed by atoms with E-state index < -0.39 is 30.7 Å². The summed E-state index contributed by atoms with van der Waals surface area (Å²) in [4.78, 5) is 7.89. The van der Waals surface area contributed by atoms with Crippen molar-refractivity contribution >= 4 is 19.7 Å². The summed E-state index contributed by atoms with van der Waals surface area (Å²) in [6.07, 6.45) is 4.20. The molecule has 0 radical (unpaired) electrons. The van der Waals surface area contributed by atoms with Crippen LogP contribution in [0.15, 0.2) is 46.6 Å². The van der Waals surface area contributed by atoms with Gasteiger partial charge in [0.25, 0.3) is 0 Å². The topological polar surface area (TPSA) is 94.1 Å². The summed E-state index contributed by atoms with van der Waals surface area (Å²) in [7, 11) is -7.44. The minimum absolute atomic E-state index is 0.0186. The summed E-state index contributed by atoms with van der Waals surface area (Å²) < 4.78 is 49.6. The zero-order valence-electron chi connectivity index (χ0n) is 11.1. The largest absolute Gasteiger partial charge is 0.265 e. The molecule has 2 aromatic heterocycles. The molecule has 1 atom stereocenters. The van der Waals surface area contributed by atoms with Gasteiger partial charge in [-0.1, -0.05) is 0 Å². The highest BCUT2D eigenvalue weighted by atomic mass is 32.2. The van der Waals surface area contributed by atoms with Crippen molar-refractivity contribution in [2.45, 2.75) is 22.0 Å². The standard InChI is InChI=1S/C13H12N2O4S2/c1-9-6-11-13(15-7-9)12(8-20(11,16)17)21(18,19)10-2-4-14-5-3-10/h2-7,12H,8H2,1H3. The summed E-state index contributed by atoms with van der Waals surface area (Å²) in [5.74, 6) is -0.469. The molecule has 0 saturated heterocycles. The highest BCUT2D eigenvalue weighted by Crippen LogP contribution is 2.39. The Morgan fingerprint density at radius 2 is 1.90 bits per heavy atom. The van der Waals surface area contributed by atoms with Gasteiger partial charge in [0.15, 0.2) is 19.7 Å². The molecule has 1 aliphatic rings. The zero-order chi connectivity index (χ0) is 15.3. The lowest BCUT2D eigenvalue weighted by Gasteiger charge is -2.10. The highest BCUT2D eigenvalue weighted by molar-refractivity contribution is 7.96. The van der Waals surface area contributed by atoms with Crippen LogP contribution in [0, 0.1) is 6.92 Å². The molecule has 110 valence electrons. The number of aromatic nitrogens is 2. The highest BCUT2D eigenvalue weighted by Gasteiger charge is 2.44. The number of fused-ring (bicyclic) bond motifs is 1. The normalized spacial score (nSPS) is 20.1. The fourth-order valence-electron chi connectivity index (χ4n) is 2.34. The number of hydrogen-bond donors (Lipinski definition) is 0. The zero-order valence-corrected chi connectivity index (χ0v) is 12.7. The first-order chi connectivity index (χ1) is 9.82. The molecule has 0 saturated carbocycles. The second-order valence-electron chi connectivity index (χ2n) is 4.89. The van der Waals surface area contributed by atoms with Gasteiger partial charge in [-0.05, 0) is 30.7 Å². The van der Waals surface area contributed by atoms with Crippen LogP contribution >= 0.6 is 0 Å². The van der Waals surface area contributed by atoms with Crippen molar-refractivity contribution in [3.05, 3.63) is 48.0 Å². The fourth-order valence-corrected chi connectivity index (χ4v) is 6.60. The van der Waals surface area contributed by atoms with Gasteiger partial charge in [0.05, 0.1) is 21.2 Å². The Kier molecular flexibility index (Phi) is 3.10. The molecule has 0 spiro atoms. The third-order valence-corrected chi connectivity index (χ3v) is 7.43. The average Bonchev–Trinajstić information content (AvgIpc) is 2.72. The van der Waals surface area contributed by atoms with Gasteiger partial charge < -0.3 is 0 Å². The molecule has 0 N–H and O–H groups in total. The van der Waals surface area contributed by atoms with E-state index in [9.17, 15) is 16.8 Å². The summed E-state index contributed by atoms with van der Waals surface area (Å²) in [6.45, 7) is 1.72. The van der Waals surface area contributed by atoms with Crippen LogP contribution in [-0.2, 0) is 19.7 Å². The van der Waals surface area contributed by atoms with E-state index in [1.165, 1.54) is 36.8 Å². The predicted molar refractivity (Wildman–Crippen MR) is 75.2 cm³/mol. The van der Waals surface area contributed by atoms with Crippen LogP contribution < -0.4 is 0 Å². The van der Waals surface area contributed by atoms with Crippen molar-refractivity contribution in [1.29, 1.82) is 0 Å². The van der Waals surface area contributed by atoms with Gasteiger partial charge in [-0.3, -0.25) is 9.97 Å². The maximum absolute atomic E-state index is 12.6. The van der Waals surface area contributed by atoms with Crippen molar-refractivity contribution in [1.82, 2.24) is 9.97 Å². The Balaban J connectivity index is 2.20. The molecule has 2 aromatic rings. The lowest BCUT2D eigenvalue weighted by molar-refractivity contribution is 0.581. The van der Waals surface area contributed by atoms with Crippen LogP contribution in [0.5, 0.6) is 0 Å². The number of rotatable bonds is 2. The van der Waals surface area contributed by atoms with E-state index in [1.54, 1.807) is 6.92 Å². The monoisotopic (exact) mass is 324 g/mol. The number of hydrogen-bond acceptors (Lipinski definition) is 6. The van der Waals surface area contributed by atoms with E-state index in [2.05, 4.69) is 9.97 Å². The number of nitrogens with zero attached hydrogens (tertiary/aromatic N) is 2. The van der Waals surface area contributed by atoms with Gasteiger partial charge in [-0.25, -0.2) is 16.8 Å². The van der Waals surface area contributed by atoms with Crippen molar-refractivity contribution in [2.24, 2.45) is 0 Å².